The molecule has 0 radical (unpaired) electrons. The van der Waals surface area contributed by atoms with Gasteiger partial charge in [-0.3, -0.25) is 0 Å². The normalized spacial score (nSPS) is 18.9. The Bertz CT molecular complexity index is 6000. The number of carbonyl (C=O) groups excluding carboxylic acids is 11. The molecule has 2 saturated heterocycles. The predicted molar refractivity (Wildman–Crippen MR) is 462 cm³/mol. The molecule has 27 heteroatoms. The molecule has 654 valence electrons. The van der Waals surface area contributed by atoms with Crippen LogP contribution in [0.5, 0.6) is 23.0 Å². The first-order chi connectivity index (χ1) is 64.0. The van der Waals surface area contributed by atoms with E-state index in [2.05, 4.69) is 0 Å². The van der Waals surface area contributed by atoms with E-state index in [4.69, 9.17) is 75.8 Å². The van der Waals surface area contributed by atoms with Crippen LogP contribution in [0, 0.1) is 0 Å². The van der Waals surface area contributed by atoms with Crippen molar-refractivity contribution in [2.45, 2.75) is 80.2 Å². The van der Waals surface area contributed by atoms with Crippen molar-refractivity contribution in [2.24, 2.45) is 0 Å². The second kappa shape index (κ2) is 39.7. The Balaban J connectivity index is 0.842. The van der Waals surface area contributed by atoms with Crippen molar-refractivity contribution in [2.75, 3.05) is 13.2 Å². The van der Waals surface area contributed by atoms with E-state index in [1.165, 1.54) is 152 Å². The van der Waals surface area contributed by atoms with Crippen molar-refractivity contribution in [3.05, 3.63) is 441 Å². The smallest absolute Gasteiger partial charge is 0.343 e. The van der Waals surface area contributed by atoms with E-state index in [1.807, 2.05) is 0 Å². The van der Waals surface area contributed by atoms with Crippen LogP contribution in [0.3, 0.4) is 0 Å². The molecule has 13 aromatic rings. The zero-order chi connectivity index (χ0) is 90.3. The van der Waals surface area contributed by atoms with Crippen LogP contribution in [0.4, 0.5) is 0 Å². The summed E-state index contributed by atoms with van der Waals surface area (Å²) in [6, 6.07) is 89.5. The van der Waals surface area contributed by atoms with Gasteiger partial charge >= 0.3 is 65.7 Å². The predicted octanol–water partition coefficient (Wildman–Crippen LogP) is 16.2. The SMILES string of the molecule is O=C(OC[C@H]1O[C@@H](OCc2c(OC(=O)c3ccccc3)ccc3c2Oc2c(ccc(OC(=O)c4ccccc4)c2CO[C@@H]2O[C@H](COC(=O)c4ccccc4)[C@@H](OC(=O)c4ccccc4)[C@H](OC(=O)c4ccccc4)[C@H]2OC(=O)c2ccccc2)C32OC(=O)c3ccccc32)[C@H](OC(=O)c2ccccc2)[C@@H](OC(=O)c2ccccc2)[C@@H]1OC(=O)c1ccccc1)c1ccccc1. The molecule has 0 N–H and O–H groups in total. The number of esters is 11. The van der Waals surface area contributed by atoms with Gasteiger partial charge in [0.05, 0.1) is 85.5 Å². The zero-order valence-electron chi connectivity index (χ0n) is 69.1. The number of hydrogen-bond donors (Lipinski definition) is 0. The first-order valence-electron chi connectivity index (χ1n) is 41.4. The van der Waals surface area contributed by atoms with Gasteiger partial charge in [-0.1, -0.05) is 200 Å². The largest absolute Gasteiger partial charge is 0.459 e. The van der Waals surface area contributed by atoms with E-state index >= 15 is 14.4 Å². The van der Waals surface area contributed by atoms with Crippen molar-refractivity contribution in [1.29, 1.82) is 0 Å². The minimum absolute atomic E-state index is 0.00254. The van der Waals surface area contributed by atoms with Crippen molar-refractivity contribution < 1.29 is 129 Å². The molecule has 0 bridgehead atoms. The third kappa shape index (κ3) is 19.2. The minimum atomic E-state index is -2.20. The van der Waals surface area contributed by atoms with E-state index in [0.29, 0.717) is 0 Å². The number of fused-ring (bicyclic) bond motifs is 6. The average Bonchev–Trinajstić information content (AvgIpc) is 1.59. The summed E-state index contributed by atoms with van der Waals surface area (Å²) in [6.07, 6.45) is -19.3. The molecular weight excluding hydrogens is 1680 g/mol. The molecule has 0 aromatic heterocycles. The Morgan fingerprint density at radius 3 is 0.809 bits per heavy atom. The van der Waals surface area contributed by atoms with Crippen LogP contribution in [-0.2, 0) is 80.4 Å². The van der Waals surface area contributed by atoms with E-state index in [0.717, 1.165) is 0 Å². The van der Waals surface area contributed by atoms with Gasteiger partial charge < -0.3 is 75.8 Å². The summed E-state index contributed by atoms with van der Waals surface area (Å²) >= 11 is 0. The monoisotopic (exact) mass is 1760 g/mol. The summed E-state index contributed by atoms with van der Waals surface area (Å²) in [5.41, 5.74) is -2.34. The molecule has 1 spiro atoms. The molecule has 0 amide bonds. The lowest BCUT2D eigenvalue weighted by atomic mass is 9.76. The fourth-order valence-corrected chi connectivity index (χ4v) is 15.5. The number of carbonyl (C=O) groups is 11. The second-order valence-electron chi connectivity index (χ2n) is 30.1. The lowest BCUT2D eigenvalue weighted by Crippen LogP contribution is -2.63. The molecular formula is C104H76O27. The van der Waals surface area contributed by atoms with Crippen LogP contribution in [-0.4, -0.2) is 140 Å². The molecule has 27 nitrogen and oxygen atoms in total. The maximum Gasteiger partial charge on any atom is 0.343 e. The minimum Gasteiger partial charge on any atom is -0.459 e. The Morgan fingerprint density at radius 1 is 0.260 bits per heavy atom. The maximum atomic E-state index is 15.2. The molecule has 17 rings (SSSR count). The highest BCUT2D eigenvalue weighted by molar-refractivity contribution is 5.99. The number of rotatable bonds is 28. The van der Waals surface area contributed by atoms with Crippen molar-refractivity contribution in [1.82, 2.24) is 0 Å². The fourth-order valence-electron chi connectivity index (χ4n) is 15.5. The molecule has 4 aliphatic heterocycles. The van der Waals surface area contributed by atoms with Gasteiger partial charge in [-0.05, 0) is 152 Å². The summed E-state index contributed by atoms with van der Waals surface area (Å²) in [7, 11) is 0. The van der Waals surface area contributed by atoms with Gasteiger partial charge in [0.25, 0.3) is 0 Å². The summed E-state index contributed by atoms with van der Waals surface area (Å²) < 4.78 is 106. The van der Waals surface area contributed by atoms with Gasteiger partial charge in [-0.25, -0.2) is 52.7 Å². The first kappa shape index (κ1) is 86.8. The molecule has 131 heavy (non-hydrogen) atoms. The third-order valence-electron chi connectivity index (χ3n) is 21.9. The van der Waals surface area contributed by atoms with Gasteiger partial charge in [0.1, 0.15) is 48.4 Å². The lowest BCUT2D eigenvalue weighted by molar-refractivity contribution is -0.301. The molecule has 0 unspecified atom stereocenters. The zero-order valence-corrected chi connectivity index (χ0v) is 69.1. The average molecular weight is 1760 g/mol. The van der Waals surface area contributed by atoms with E-state index in [9.17, 15) is 38.4 Å². The van der Waals surface area contributed by atoms with Crippen molar-refractivity contribution in [3.8, 4) is 23.0 Å². The van der Waals surface area contributed by atoms with Crippen LogP contribution < -0.4 is 14.2 Å². The number of benzene rings is 13. The van der Waals surface area contributed by atoms with E-state index in [1.54, 1.807) is 200 Å². The van der Waals surface area contributed by atoms with Crippen LogP contribution in [0.15, 0.2) is 352 Å². The van der Waals surface area contributed by atoms with Crippen LogP contribution in [0.2, 0.25) is 0 Å². The van der Waals surface area contributed by atoms with E-state index in [-0.39, 0.29) is 112 Å². The number of ether oxygens (including phenoxy) is 16. The summed E-state index contributed by atoms with van der Waals surface area (Å²) in [6.45, 7) is -3.43. The molecule has 0 aliphatic carbocycles. The fraction of sp³-hybridized carbons (Fsp3) is 0.144. The highest BCUT2D eigenvalue weighted by atomic mass is 16.8. The molecule has 0 saturated carbocycles. The summed E-state index contributed by atoms with van der Waals surface area (Å²) in [5, 5.41) is 0. The first-order valence-corrected chi connectivity index (χ1v) is 41.4. The van der Waals surface area contributed by atoms with E-state index < -0.39 is 159 Å². The lowest BCUT2D eigenvalue weighted by Gasteiger charge is -2.44. The van der Waals surface area contributed by atoms with Gasteiger partial charge in [0, 0.05) is 16.7 Å². The Kier molecular flexibility index (Phi) is 26.3. The standard InChI is InChI=1S/C104H76O27/c105-91(63-33-11-1-12-34-63)116-61-81-85(125-95(109)67-41-19-5-20-42-67)87(127-97(111)69-45-23-7-24-46-69)89(129-99(113)71-49-27-9-28-50-71)102(122-81)118-59-74-79(120-93(107)65-37-15-3-16-38-65)57-55-77-83(74)124-84-75(80(121-94(108)66-39-17-4-18-40-66)58-56-78(84)104(77)76-54-32-31-53-73(76)101(115)131-104)60-119-103-90(130-100(114)72-51-29-10-30-52-72)88(128-98(112)70-47-25-8-26-48-70)86(126-96(110)68-43-21-6-22-44-68)82(123-103)62-117-92(106)64-35-13-2-14-36-64/h1-58,81-82,85-90,102-103H,59-62H2/t81-,82-,85-,86-,87+,88+,89-,90-,102-,103-/m1/s1. The van der Waals surface area contributed by atoms with Gasteiger partial charge in [0.2, 0.25) is 0 Å². The topological polar surface area (TPSA) is 335 Å². The Hall–Kier alpha value is -16.3. The molecule has 2 fully saturated rings. The van der Waals surface area contributed by atoms with Gasteiger partial charge in [0.15, 0.2) is 54.8 Å². The quantitative estimate of drug-likeness (QED) is 0.0250. The van der Waals surface area contributed by atoms with Gasteiger partial charge in [-0.2, -0.15) is 0 Å². The summed E-state index contributed by atoms with van der Waals surface area (Å²) in [4.78, 5) is 163. The van der Waals surface area contributed by atoms with Crippen LogP contribution in [0.1, 0.15) is 142 Å². The second-order valence-corrected chi connectivity index (χ2v) is 30.1. The van der Waals surface area contributed by atoms with Crippen LogP contribution in [0.25, 0.3) is 0 Å². The maximum absolute atomic E-state index is 15.2. The van der Waals surface area contributed by atoms with Crippen molar-refractivity contribution in [3.63, 3.8) is 0 Å². The molecule has 4 aliphatic rings. The third-order valence-corrected chi connectivity index (χ3v) is 21.9. The molecule has 13 aromatic carbocycles. The highest BCUT2D eigenvalue weighted by Crippen LogP contribution is 2.60. The summed E-state index contributed by atoms with van der Waals surface area (Å²) in [5.74, 6) is -12.1. The Morgan fingerprint density at radius 2 is 0.511 bits per heavy atom. The molecule has 10 atom stereocenters. The number of hydrogen-bond acceptors (Lipinski definition) is 27. The van der Waals surface area contributed by atoms with Crippen LogP contribution >= 0.6 is 0 Å². The highest BCUT2D eigenvalue weighted by Gasteiger charge is 2.59. The Labute approximate surface area is 747 Å². The van der Waals surface area contributed by atoms with Gasteiger partial charge in [-0.15, -0.1) is 0 Å². The molecule has 4 heterocycles. The van der Waals surface area contributed by atoms with Crippen molar-refractivity contribution >= 4 is 65.7 Å².